The number of aromatic nitrogens is 2. The van der Waals surface area contributed by atoms with Crippen LogP contribution < -0.4 is 9.84 Å². The molecule has 0 saturated carbocycles. The van der Waals surface area contributed by atoms with E-state index in [0.717, 1.165) is 0 Å². The van der Waals surface area contributed by atoms with E-state index in [1.165, 1.54) is 10.7 Å². The average Bonchev–Trinajstić information content (AvgIpc) is 2.72. The van der Waals surface area contributed by atoms with E-state index in [9.17, 15) is 9.90 Å². The van der Waals surface area contributed by atoms with E-state index < -0.39 is 5.97 Å². The molecule has 0 N–H and O–H groups in total. The van der Waals surface area contributed by atoms with Crippen LogP contribution in [0.1, 0.15) is 16.2 Å². The van der Waals surface area contributed by atoms with Crippen molar-refractivity contribution in [3.63, 3.8) is 0 Å². The normalized spacial score (nSPS) is 10.2. The summed E-state index contributed by atoms with van der Waals surface area (Å²) in [5.74, 6) is -0.547. The second-order valence-corrected chi connectivity index (χ2v) is 3.57. The summed E-state index contributed by atoms with van der Waals surface area (Å²) in [4.78, 5) is 10.9. The zero-order valence-corrected chi connectivity index (χ0v) is 9.51. The van der Waals surface area contributed by atoms with E-state index in [2.05, 4.69) is 5.10 Å². The van der Waals surface area contributed by atoms with Crippen LogP contribution in [0.15, 0.2) is 30.3 Å². The first-order valence-corrected chi connectivity index (χ1v) is 5.04. The van der Waals surface area contributed by atoms with Gasteiger partial charge in [-0.2, -0.15) is 5.10 Å². The molecular weight excluding hydrogens is 220 g/mol. The summed E-state index contributed by atoms with van der Waals surface area (Å²) in [6.07, 6.45) is 0. The summed E-state index contributed by atoms with van der Waals surface area (Å²) >= 11 is 0. The first kappa shape index (κ1) is 11.2. The molecule has 17 heavy (non-hydrogen) atoms. The van der Waals surface area contributed by atoms with E-state index in [-0.39, 0.29) is 5.69 Å². The van der Waals surface area contributed by atoms with Gasteiger partial charge in [-0.15, -0.1) is 0 Å². The Labute approximate surface area is 98.3 Å². The minimum atomic E-state index is -1.25. The number of hydrogen-bond acceptors (Lipinski definition) is 4. The molecule has 2 aromatic rings. The van der Waals surface area contributed by atoms with E-state index in [0.29, 0.717) is 17.1 Å². The second-order valence-electron chi connectivity index (χ2n) is 3.57. The van der Waals surface area contributed by atoms with Gasteiger partial charge in [0.1, 0.15) is 5.75 Å². The lowest BCUT2D eigenvalue weighted by Gasteiger charge is -2.08. The number of carbonyl (C=O) groups is 1. The van der Waals surface area contributed by atoms with Crippen molar-refractivity contribution in [2.75, 3.05) is 7.11 Å². The van der Waals surface area contributed by atoms with Crippen LogP contribution in [-0.4, -0.2) is 22.9 Å². The molecule has 0 spiro atoms. The fourth-order valence-corrected chi connectivity index (χ4v) is 1.57. The van der Waals surface area contributed by atoms with Crippen molar-refractivity contribution in [1.29, 1.82) is 0 Å². The Hall–Kier alpha value is -2.30. The third kappa shape index (κ3) is 2.13. The molecule has 0 atom stereocenters. The fraction of sp³-hybridized carbons (Fsp3) is 0.167. The summed E-state index contributed by atoms with van der Waals surface area (Å²) in [5, 5.41) is 15.0. The largest absolute Gasteiger partial charge is 0.543 e. The van der Waals surface area contributed by atoms with Crippen molar-refractivity contribution in [1.82, 2.24) is 9.78 Å². The quantitative estimate of drug-likeness (QED) is 0.773. The van der Waals surface area contributed by atoms with Gasteiger partial charge < -0.3 is 14.6 Å². The van der Waals surface area contributed by atoms with Crippen LogP contribution >= 0.6 is 0 Å². The monoisotopic (exact) mass is 231 g/mol. The van der Waals surface area contributed by atoms with Crippen LogP contribution in [0.5, 0.6) is 5.75 Å². The minimum Gasteiger partial charge on any atom is -0.543 e. The van der Waals surface area contributed by atoms with E-state index >= 15 is 0 Å². The van der Waals surface area contributed by atoms with Gasteiger partial charge in [0.15, 0.2) is 0 Å². The average molecular weight is 231 g/mol. The van der Waals surface area contributed by atoms with Crippen molar-refractivity contribution < 1.29 is 14.6 Å². The molecule has 0 saturated heterocycles. The third-order valence-electron chi connectivity index (χ3n) is 2.36. The summed E-state index contributed by atoms with van der Waals surface area (Å²) in [7, 11) is 1.57. The zero-order chi connectivity index (χ0) is 12.4. The Morgan fingerprint density at radius 2 is 2.00 bits per heavy atom. The second kappa shape index (κ2) is 4.29. The van der Waals surface area contributed by atoms with Gasteiger partial charge in [-0.1, -0.05) is 0 Å². The van der Waals surface area contributed by atoms with Gasteiger partial charge in [0.05, 0.1) is 30.2 Å². The van der Waals surface area contributed by atoms with Crippen LogP contribution in [0.25, 0.3) is 5.69 Å². The Morgan fingerprint density at radius 3 is 2.53 bits per heavy atom. The van der Waals surface area contributed by atoms with Crippen molar-refractivity contribution in [2.24, 2.45) is 0 Å². The number of hydrogen-bond donors (Lipinski definition) is 0. The molecule has 0 aliphatic carbocycles. The van der Waals surface area contributed by atoms with Gasteiger partial charge in [-0.25, -0.2) is 4.68 Å². The van der Waals surface area contributed by atoms with Gasteiger partial charge in [-0.05, 0) is 37.3 Å². The number of carbonyl (C=O) groups excluding carboxylic acids is 1. The van der Waals surface area contributed by atoms with Crippen molar-refractivity contribution in [2.45, 2.75) is 6.92 Å². The lowest BCUT2D eigenvalue weighted by atomic mass is 10.3. The van der Waals surface area contributed by atoms with Gasteiger partial charge in [-0.3, -0.25) is 0 Å². The molecule has 0 unspecified atom stereocenters. The molecule has 0 bridgehead atoms. The van der Waals surface area contributed by atoms with Crippen LogP contribution in [0.3, 0.4) is 0 Å². The SMILES string of the molecule is COc1ccc(-n2nc(C)cc2C(=O)[O-])cc1. The van der Waals surface area contributed by atoms with Gasteiger partial charge in [0.2, 0.25) is 0 Å². The van der Waals surface area contributed by atoms with E-state index in [4.69, 9.17) is 4.74 Å². The molecule has 0 radical (unpaired) electrons. The molecular formula is C12H11N2O3-. The molecule has 0 amide bonds. The number of benzene rings is 1. The number of aromatic carboxylic acids is 1. The van der Waals surface area contributed by atoms with Crippen molar-refractivity contribution in [3.05, 3.63) is 41.7 Å². The Bertz CT molecular complexity index is 543. The lowest BCUT2D eigenvalue weighted by molar-refractivity contribution is -0.255. The first-order chi connectivity index (χ1) is 8.11. The minimum absolute atomic E-state index is 0.0349. The molecule has 5 nitrogen and oxygen atoms in total. The number of rotatable bonds is 3. The predicted octanol–water partition coefficient (Wildman–Crippen LogP) is 0.553. The zero-order valence-electron chi connectivity index (χ0n) is 9.51. The molecule has 0 aliphatic heterocycles. The highest BCUT2D eigenvalue weighted by Crippen LogP contribution is 2.16. The Balaban J connectivity index is 2.48. The van der Waals surface area contributed by atoms with Gasteiger partial charge >= 0.3 is 0 Å². The standard InChI is InChI=1S/C12H12N2O3/c1-8-7-11(12(15)16)14(13-8)9-3-5-10(17-2)6-4-9/h3-7H,1-2H3,(H,15,16)/p-1. The summed E-state index contributed by atoms with van der Waals surface area (Å²) in [5.41, 5.74) is 1.31. The summed E-state index contributed by atoms with van der Waals surface area (Å²) < 4.78 is 6.37. The number of aryl methyl sites for hydroxylation is 1. The molecule has 1 heterocycles. The number of carboxylic acid groups (broad SMARTS) is 1. The first-order valence-electron chi connectivity index (χ1n) is 5.04. The highest BCUT2D eigenvalue weighted by molar-refractivity contribution is 5.84. The molecule has 1 aromatic heterocycles. The fourth-order valence-electron chi connectivity index (χ4n) is 1.57. The molecule has 1 aromatic carbocycles. The predicted molar refractivity (Wildman–Crippen MR) is 59.2 cm³/mol. The Morgan fingerprint density at radius 1 is 1.35 bits per heavy atom. The van der Waals surface area contributed by atoms with Crippen LogP contribution in [-0.2, 0) is 0 Å². The third-order valence-corrected chi connectivity index (χ3v) is 2.36. The summed E-state index contributed by atoms with van der Waals surface area (Å²) in [6, 6.07) is 8.42. The topological polar surface area (TPSA) is 67.2 Å². The number of ether oxygens (including phenoxy) is 1. The maximum atomic E-state index is 10.9. The van der Waals surface area contributed by atoms with Crippen molar-refractivity contribution >= 4 is 5.97 Å². The van der Waals surface area contributed by atoms with E-state index in [1.54, 1.807) is 38.3 Å². The van der Waals surface area contributed by atoms with Crippen molar-refractivity contribution in [3.8, 4) is 11.4 Å². The highest BCUT2D eigenvalue weighted by Gasteiger charge is 2.08. The maximum Gasteiger partial charge on any atom is 0.119 e. The number of nitrogens with zero attached hydrogens (tertiary/aromatic N) is 2. The number of carboxylic acids is 1. The van der Waals surface area contributed by atoms with Crippen LogP contribution in [0.2, 0.25) is 0 Å². The van der Waals surface area contributed by atoms with Crippen LogP contribution in [0, 0.1) is 6.92 Å². The molecule has 5 heteroatoms. The molecule has 0 aliphatic rings. The maximum absolute atomic E-state index is 10.9. The molecule has 0 fully saturated rings. The van der Waals surface area contributed by atoms with Gasteiger partial charge in [0.25, 0.3) is 0 Å². The van der Waals surface area contributed by atoms with E-state index in [1.807, 2.05) is 0 Å². The molecule has 88 valence electrons. The van der Waals surface area contributed by atoms with Crippen LogP contribution in [0.4, 0.5) is 0 Å². The smallest absolute Gasteiger partial charge is 0.119 e. The summed E-state index contributed by atoms with van der Waals surface area (Å²) in [6.45, 7) is 1.73. The molecule has 2 rings (SSSR count). The number of methoxy groups -OCH3 is 1. The lowest BCUT2D eigenvalue weighted by Crippen LogP contribution is -2.25. The van der Waals surface area contributed by atoms with Gasteiger partial charge in [0, 0.05) is 0 Å². The highest BCUT2D eigenvalue weighted by atomic mass is 16.5. The Kier molecular flexibility index (Phi) is 2.82.